The van der Waals surface area contributed by atoms with Crippen molar-refractivity contribution in [1.29, 1.82) is 0 Å². The number of hydrogen-bond donors (Lipinski definition) is 1. The maximum absolute atomic E-state index is 13.9. The number of benzene rings is 1. The summed E-state index contributed by atoms with van der Waals surface area (Å²) in [5.41, 5.74) is 5.68. The molecular formula is C16H22F3N. The summed E-state index contributed by atoms with van der Waals surface area (Å²) in [6, 6.07) is 2.24. The van der Waals surface area contributed by atoms with E-state index in [1.807, 2.05) is 0 Å². The average molecular weight is 285 g/mol. The predicted octanol–water partition coefficient (Wildman–Crippen LogP) is 4.49. The van der Waals surface area contributed by atoms with Gasteiger partial charge in [-0.3, -0.25) is 0 Å². The molecule has 1 aromatic rings. The molecule has 2 N–H and O–H groups in total. The Morgan fingerprint density at radius 2 is 1.60 bits per heavy atom. The van der Waals surface area contributed by atoms with E-state index in [1.54, 1.807) is 0 Å². The Kier molecular flexibility index (Phi) is 3.89. The van der Waals surface area contributed by atoms with Crippen molar-refractivity contribution in [2.45, 2.75) is 52.0 Å². The lowest BCUT2D eigenvalue weighted by molar-refractivity contribution is 0.131. The van der Waals surface area contributed by atoms with Gasteiger partial charge in [-0.1, -0.05) is 26.8 Å². The summed E-state index contributed by atoms with van der Waals surface area (Å²) in [5.74, 6) is -3.21. The summed E-state index contributed by atoms with van der Waals surface area (Å²) in [6.07, 6.45) is 2.94. The summed E-state index contributed by atoms with van der Waals surface area (Å²) in [5, 5.41) is 0. The maximum Gasteiger partial charge on any atom is 0.194 e. The summed E-state index contributed by atoms with van der Waals surface area (Å²) in [7, 11) is 0. The zero-order chi connectivity index (χ0) is 15.1. The Morgan fingerprint density at radius 1 is 1.05 bits per heavy atom. The van der Waals surface area contributed by atoms with Gasteiger partial charge in [-0.15, -0.1) is 0 Å². The van der Waals surface area contributed by atoms with E-state index >= 15 is 0 Å². The van der Waals surface area contributed by atoms with Gasteiger partial charge in [-0.05, 0) is 43.1 Å². The third kappa shape index (κ3) is 2.71. The van der Waals surface area contributed by atoms with Crippen LogP contribution in [0.25, 0.3) is 0 Å². The fourth-order valence-corrected chi connectivity index (χ4v) is 3.18. The third-order valence-electron chi connectivity index (χ3n) is 4.67. The second-order valence-corrected chi connectivity index (χ2v) is 7.02. The zero-order valence-electron chi connectivity index (χ0n) is 12.3. The molecule has 0 aliphatic heterocycles. The van der Waals surface area contributed by atoms with Gasteiger partial charge in [0.1, 0.15) is 0 Å². The third-order valence-corrected chi connectivity index (χ3v) is 4.67. The van der Waals surface area contributed by atoms with Crippen LogP contribution < -0.4 is 5.73 Å². The van der Waals surface area contributed by atoms with Crippen molar-refractivity contribution in [3.05, 3.63) is 35.1 Å². The van der Waals surface area contributed by atoms with Crippen molar-refractivity contribution in [3.8, 4) is 0 Å². The van der Waals surface area contributed by atoms with E-state index in [4.69, 9.17) is 5.73 Å². The summed E-state index contributed by atoms with van der Waals surface area (Å²) < 4.78 is 40.3. The average Bonchev–Trinajstić information content (AvgIpc) is 2.35. The standard InChI is InChI=1S/C16H22F3N/c1-15(2,3)10-6-8-16(20,9-7-10)11-4-5-12(17)14(19)13(11)18/h4-5,10H,6-9,20H2,1-3H3. The van der Waals surface area contributed by atoms with Crippen molar-refractivity contribution in [3.63, 3.8) is 0 Å². The Labute approximate surface area is 118 Å². The Balaban J connectivity index is 2.25. The largest absolute Gasteiger partial charge is 0.321 e. The first kappa shape index (κ1) is 15.4. The molecule has 112 valence electrons. The van der Waals surface area contributed by atoms with Gasteiger partial charge in [0.05, 0.1) is 0 Å². The van der Waals surface area contributed by atoms with E-state index in [1.165, 1.54) is 6.07 Å². The molecule has 0 atom stereocenters. The molecule has 4 heteroatoms. The molecular weight excluding hydrogens is 263 g/mol. The van der Waals surface area contributed by atoms with Crippen LogP contribution in [0, 0.1) is 28.8 Å². The molecule has 0 spiro atoms. The van der Waals surface area contributed by atoms with Gasteiger partial charge < -0.3 is 5.73 Å². The SMILES string of the molecule is CC(C)(C)C1CCC(N)(c2ccc(F)c(F)c2F)CC1. The van der Waals surface area contributed by atoms with Crippen LogP contribution in [0.3, 0.4) is 0 Å². The number of rotatable bonds is 1. The normalized spacial score (nSPS) is 27.6. The molecule has 0 saturated heterocycles. The molecule has 0 heterocycles. The molecule has 0 bridgehead atoms. The lowest BCUT2D eigenvalue weighted by atomic mass is 9.66. The Morgan fingerprint density at radius 3 is 2.10 bits per heavy atom. The first-order valence-electron chi connectivity index (χ1n) is 7.08. The highest BCUT2D eigenvalue weighted by Crippen LogP contribution is 2.44. The van der Waals surface area contributed by atoms with E-state index < -0.39 is 23.0 Å². The topological polar surface area (TPSA) is 26.0 Å². The molecule has 0 radical (unpaired) electrons. The van der Waals surface area contributed by atoms with E-state index in [-0.39, 0.29) is 11.0 Å². The van der Waals surface area contributed by atoms with Gasteiger partial charge in [0.15, 0.2) is 17.5 Å². The van der Waals surface area contributed by atoms with Gasteiger partial charge in [0.2, 0.25) is 0 Å². The number of hydrogen-bond acceptors (Lipinski definition) is 1. The monoisotopic (exact) mass is 285 g/mol. The number of nitrogens with two attached hydrogens (primary N) is 1. The van der Waals surface area contributed by atoms with Gasteiger partial charge in [0.25, 0.3) is 0 Å². The number of halogens is 3. The molecule has 1 aromatic carbocycles. The molecule has 1 aliphatic carbocycles. The smallest absolute Gasteiger partial charge is 0.194 e. The highest BCUT2D eigenvalue weighted by molar-refractivity contribution is 5.28. The first-order chi connectivity index (χ1) is 9.15. The quantitative estimate of drug-likeness (QED) is 0.756. The molecule has 20 heavy (non-hydrogen) atoms. The molecule has 0 unspecified atom stereocenters. The van der Waals surface area contributed by atoms with Crippen molar-refractivity contribution >= 4 is 0 Å². The maximum atomic E-state index is 13.9. The summed E-state index contributed by atoms with van der Waals surface area (Å²) in [6.45, 7) is 6.54. The van der Waals surface area contributed by atoms with E-state index in [0.717, 1.165) is 18.9 Å². The molecule has 0 amide bonds. The fraction of sp³-hybridized carbons (Fsp3) is 0.625. The van der Waals surface area contributed by atoms with Crippen molar-refractivity contribution in [2.75, 3.05) is 0 Å². The second kappa shape index (κ2) is 5.06. The lowest BCUT2D eigenvalue weighted by Crippen LogP contribution is -2.43. The zero-order valence-corrected chi connectivity index (χ0v) is 12.3. The fourth-order valence-electron chi connectivity index (χ4n) is 3.18. The van der Waals surface area contributed by atoms with Gasteiger partial charge in [-0.2, -0.15) is 0 Å². The van der Waals surface area contributed by atoms with Gasteiger partial charge in [0, 0.05) is 11.1 Å². The van der Waals surface area contributed by atoms with Crippen LogP contribution in [0.5, 0.6) is 0 Å². The van der Waals surface area contributed by atoms with Crippen LogP contribution >= 0.6 is 0 Å². The van der Waals surface area contributed by atoms with Crippen molar-refractivity contribution in [2.24, 2.45) is 17.1 Å². The minimum absolute atomic E-state index is 0.101. The molecule has 1 saturated carbocycles. The minimum Gasteiger partial charge on any atom is -0.321 e. The highest BCUT2D eigenvalue weighted by Gasteiger charge is 2.39. The van der Waals surface area contributed by atoms with Crippen LogP contribution in [0.15, 0.2) is 12.1 Å². The lowest BCUT2D eigenvalue weighted by Gasteiger charge is -2.42. The van der Waals surface area contributed by atoms with Crippen LogP contribution in [0.1, 0.15) is 52.0 Å². The van der Waals surface area contributed by atoms with E-state index in [0.29, 0.717) is 18.8 Å². The van der Waals surface area contributed by atoms with Crippen molar-refractivity contribution in [1.82, 2.24) is 0 Å². The predicted molar refractivity (Wildman–Crippen MR) is 73.6 cm³/mol. The summed E-state index contributed by atoms with van der Waals surface area (Å²) in [4.78, 5) is 0. The summed E-state index contributed by atoms with van der Waals surface area (Å²) >= 11 is 0. The molecule has 2 rings (SSSR count). The highest BCUT2D eigenvalue weighted by atomic mass is 19.2. The van der Waals surface area contributed by atoms with Crippen molar-refractivity contribution < 1.29 is 13.2 Å². The van der Waals surface area contributed by atoms with Crippen LogP contribution in [-0.4, -0.2) is 0 Å². The molecule has 0 aromatic heterocycles. The van der Waals surface area contributed by atoms with E-state index in [2.05, 4.69) is 20.8 Å². The molecule has 1 nitrogen and oxygen atoms in total. The van der Waals surface area contributed by atoms with Gasteiger partial charge in [-0.25, -0.2) is 13.2 Å². The van der Waals surface area contributed by atoms with Crippen LogP contribution in [0.4, 0.5) is 13.2 Å². The minimum atomic E-state index is -1.43. The molecule has 1 fully saturated rings. The van der Waals surface area contributed by atoms with E-state index in [9.17, 15) is 13.2 Å². The Hall–Kier alpha value is -1.03. The van der Waals surface area contributed by atoms with Crippen LogP contribution in [0.2, 0.25) is 0 Å². The van der Waals surface area contributed by atoms with Crippen LogP contribution in [-0.2, 0) is 5.54 Å². The van der Waals surface area contributed by atoms with Gasteiger partial charge >= 0.3 is 0 Å². The second-order valence-electron chi connectivity index (χ2n) is 7.02. The molecule has 1 aliphatic rings. The first-order valence-corrected chi connectivity index (χ1v) is 7.08. The Bertz CT molecular complexity index is 497.